The number of carbonyl (C=O) groups is 1. The summed E-state index contributed by atoms with van der Waals surface area (Å²) in [4.78, 5) is 13.7. The zero-order valence-electron chi connectivity index (χ0n) is 15.8. The molecule has 152 valence electrons. The summed E-state index contributed by atoms with van der Waals surface area (Å²) in [5, 5.41) is 2.77. The van der Waals surface area contributed by atoms with E-state index in [4.69, 9.17) is 4.74 Å². The van der Waals surface area contributed by atoms with E-state index in [9.17, 15) is 18.0 Å². The van der Waals surface area contributed by atoms with Crippen molar-refractivity contribution in [1.29, 1.82) is 0 Å². The van der Waals surface area contributed by atoms with Gasteiger partial charge in [-0.15, -0.1) is 13.2 Å². The van der Waals surface area contributed by atoms with E-state index in [1.165, 1.54) is 24.3 Å². The van der Waals surface area contributed by atoms with E-state index in [1.54, 1.807) is 11.9 Å². The van der Waals surface area contributed by atoms with Crippen molar-refractivity contribution in [3.63, 3.8) is 0 Å². The summed E-state index contributed by atoms with van der Waals surface area (Å²) in [5.74, 6) is 0.321. The number of benzene rings is 2. The van der Waals surface area contributed by atoms with Crippen LogP contribution >= 0.6 is 0 Å². The molecule has 0 radical (unpaired) electrons. The molecule has 8 heteroatoms. The highest BCUT2D eigenvalue weighted by atomic mass is 19.4. The van der Waals surface area contributed by atoms with Gasteiger partial charge in [0.25, 0.3) is 0 Å². The number of nitrogens with zero attached hydrogens (tertiary/aromatic N) is 1. The summed E-state index contributed by atoms with van der Waals surface area (Å²) >= 11 is 0. The second-order valence-corrected chi connectivity index (χ2v) is 6.38. The van der Waals surface area contributed by atoms with Crippen LogP contribution in [0.25, 0.3) is 0 Å². The van der Waals surface area contributed by atoms with E-state index in [0.717, 1.165) is 16.9 Å². The average molecular weight is 396 g/mol. The number of ether oxygens (including phenoxy) is 2. The van der Waals surface area contributed by atoms with Crippen LogP contribution in [-0.2, 0) is 11.3 Å². The van der Waals surface area contributed by atoms with Crippen LogP contribution in [0.4, 0.5) is 13.2 Å². The van der Waals surface area contributed by atoms with Crippen molar-refractivity contribution >= 4 is 5.91 Å². The van der Waals surface area contributed by atoms with Gasteiger partial charge in [-0.05, 0) is 49.4 Å². The summed E-state index contributed by atoms with van der Waals surface area (Å²) in [6.45, 7) is 3.29. The Labute approximate surface area is 162 Å². The quantitative estimate of drug-likeness (QED) is 0.659. The third-order valence-corrected chi connectivity index (χ3v) is 3.71. The molecule has 5 nitrogen and oxygen atoms in total. The van der Waals surface area contributed by atoms with Gasteiger partial charge in [-0.25, -0.2) is 0 Å². The van der Waals surface area contributed by atoms with Crippen LogP contribution in [0.3, 0.4) is 0 Å². The Morgan fingerprint density at radius 2 is 1.82 bits per heavy atom. The fraction of sp³-hybridized carbons (Fsp3) is 0.350. The maximum atomic E-state index is 12.2. The van der Waals surface area contributed by atoms with Gasteiger partial charge in [0.1, 0.15) is 18.1 Å². The second kappa shape index (κ2) is 9.98. The van der Waals surface area contributed by atoms with Crippen LogP contribution in [0.1, 0.15) is 11.1 Å². The van der Waals surface area contributed by atoms with Crippen molar-refractivity contribution < 1.29 is 27.4 Å². The number of aryl methyl sites for hydroxylation is 1. The van der Waals surface area contributed by atoms with E-state index < -0.39 is 6.36 Å². The fourth-order valence-corrected chi connectivity index (χ4v) is 2.53. The van der Waals surface area contributed by atoms with E-state index >= 15 is 0 Å². The molecule has 0 aliphatic rings. The van der Waals surface area contributed by atoms with Gasteiger partial charge in [0.2, 0.25) is 5.91 Å². The highest BCUT2D eigenvalue weighted by molar-refractivity contribution is 5.77. The first kappa shape index (κ1) is 21.6. The lowest BCUT2D eigenvalue weighted by molar-refractivity contribution is -0.274. The molecule has 2 rings (SSSR count). The zero-order valence-corrected chi connectivity index (χ0v) is 15.8. The second-order valence-electron chi connectivity index (χ2n) is 6.38. The van der Waals surface area contributed by atoms with Crippen molar-refractivity contribution in [1.82, 2.24) is 10.2 Å². The van der Waals surface area contributed by atoms with Gasteiger partial charge >= 0.3 is 6.36 Å². The number of hydrogen-bond acceptors (Lipinski definition) is 4. The van der Waals surface area contributed by atoms with Crippen LogP contribution in [0.2, 0.25) is 0 Å². The third kappa shape index (κ3) is 8.30. The van der Waals surface area contributed by atoms with Gasteiger partial charge in [-0.1, -0.05) is 24.3 Å². The maximum Gasteiger partial charge on any atom is 0.573 e. The highest BCUT2D eigenvalue weighted by Crippen LogP contribution is 2.23. The van der Waals surface area contributed by atoms with Gasteiger partial charge in [-0.2, -0.15) is 0 Å². The largest absolute Gasteiger partial charge is 0.573 e. The highest BCUT2D eigenvalue weighted by Gasteiger charge is 2.30. The zero-order chi connectivity index (χ0) is 20.6. The molecule has 0 saturated heterocycles. The monoisotopic (exact) mass is 396 g/mol. The molecule has 1 N–H and O–H groups in total. The molecule has 28 heavy (non-hydrogen) atoms. The Morgan fingerprint density at radius 1 is 1.11 bits per heavy atom. The van der Waals surface area contributed by atoms with Crippen LogP contribution < -0.4 is 14.8 Å². The number of amides is 1. The van der Waals surface area contributed by atoms with E-state index in [1.807, 2.05) is 31.2 Å². The molecule has 1 amide bonds. The number of hydrogen-bond donors (Lipinski definition) is 1. The van der Waals surface area contributed by atoms with Crippen molar-refractivity contribution in [3.8, 4) is 11.5 Å². The molecule has 0 spiro atoms. The number of nitrogens with one attached hydrogen (secondary N) is 1. The number of rotatable bonds is 9. The maximum absolute atomic E-state index is 12.2. The molecule has 0 atom stereocenters. The topological polar surface area (TPSA) is 50.8 Å². The van der Waals surface area contributed by atoms with E-state index in [0.29, 0.717) is 19.7 Å². The van der Waals surface area contributed by atoms with E-state index in [-0.39, 0.29) is 18.2 Å². The number of carbonyl (C=O) groups excluding carboxylic acids is 1. The van der Waals surface area contributed by atoms with Gasteiger partial charge in [0.05, 0.1) is 13.1 Å². The molecule has 0 unspecified atom stereocenters. The summed E-state index contributed by atoms with van der Waals surface area (Å²) in [6, 6.07) is 13.2. The molecule has 2 aromatic carbocycles. The van der Waals surface area contributed by atoms with Gasteiger partial charge < -0.3 is 14.8 Å². The summed E-state index contributed by atoms with van der Waals surface area (Å²) < 4.78 is 45.9. The van der Waals surface area contributed by atoms with Crippen LogP contribution in [0.5, 0.6) is 11.5 Å². The van der Waals surface area contributed by atoms with Gasteiger partial charge in [-0.3, -0.25) is 9.69 Å². The first-order chi connectivity index (χ1) is 13.2. The summed E-state index contributed by atoms with van der Waals surface area (Å²) in [6.07, 6.45) is -4.71. The smallest absolute Gasteiger partial charge is 0.492 e. The molecule has 0 aliphatic carbocycles. The lowest BCUT2D eigenvalue weighted by Crippen LogP contribution is -2.36. The first-order valence-corrected chi connectivity index (χ1v) is 8.71. The molecule has 0 aliphatic heterocycles. The minimum Gasteiger partial charge on any atom is -0.492 e. The molecular weight excluding hydrogens is 373 g/mol. The third-order valence-electron chi connectivity index (χ3n) is 3.71. The number of alkyl halides is 3. The van der Waals surface area contributed by atoms with Crippen LogP contribution in [0.15, 0.2) is 48.5 Å². The SMILES string of the molecule is Cc1cccc(OCCNC(=O)CN(C)Cc2ccc(OC(F)(F)F)cc2)c1. The lowest BCUT2D eigenvalue weighted by Gasteiger charge is -2.17. The Balaban J connectivity index is 1.67. The van der Waals surface area contributed by atoms with Gasteiger partial charge in [0, 0.05) is 6.54 Å². The van der Waals surface area contributed by atoms with Gasteiger partial charge in [0.15, 0.2) is 0 Å². The Kier molecular flexibility index (Phi) is 7.69. The normalized spacial score (nSPS) is 11.4. The molecule has 0 saturated carbocycles. The predicted molar refractivity (Wildman–Crippen MR) is 99.1 cm³/mol. The molecule has 0 aromatic heterocycles. The Hall–Kier alpha value is -2.74. The molecule has 2 aromatic rings. The van der Waals surface area contributed by atoms with Crippen molar-refractivity contribution in [2.45, 2.75) is 19.8 Å². The molecular formula is C20H23F3N2O3. The first-order valence-electron chi connectivity index (χ1n) is 8.71. The number of likely N-dealkylation sites (N-methyl/N-ethyl adjacent to an activating group) is 1. The minimum atomic E-state index is -4.71. The number of halogens is 3. The van der Waals surface area contributed by atoms with Crippen LogP contribution in [0, 0.1) is 6.92 Å². The molecule has 0 bridgehead atoms. The summed E-state index contributed by atoms with van der Waals surface area (Å²) in [7, 11) is 1.75. The molecule has 0 fully saturated rings. The van der Waals surface area contributed by atoms with E-state index in [2.05, 4.69) is 10.1 Å². The lowest BCUT2D eigenvalue weighted by atomic mass is 10.2. The summed E-state index contributed by atoms with van der Waals surface area (Å²) in [5.41, 5.74) is 1.87. The fourth-order valence-electron chi connectivity index (χ4n) is 2.53. The minimum absolute atomic E-state index is 0.158. The molecule has 0 heterocycles. The Morgan fingerprint density at radius 3 is 2.46 bits per heavy atom. The van der Waals surface area contributed by atoms with Crippen LogP contribution in [-0.4, -0.2) is 43.9 Å². The standard InChI is InChI=1S/C20H23F3N2O3/c1-15-4-3-5-18(12-15)27-11-10-24-19(26)14-25(2)13-16-6-8-17(9-7-16)28-20(21,22)23/h3-9,12H,10-11,13-14H2,1-2H3,(H,24,26). The Bertz CT molecular complexity index is 764. The van der Waals surface area contributed by atoms with Crippen molar-refractivity contribution in [2.24, 2.45) is 0 Å². The predicted octanol–water partition coefficient (Wildman–Crippen LogP) is 3.52. The average Bonchev–Trinajstić information content (AvgIpc) is 2.59. The van der Waals surface area contributed by atoms with Crippen molar-refractivity contribution in [3.05, 3.63) is 59.7 Å². The van der Waals surface area contributed by atoms with Crippen molar-refractivity contribution in [2.75, 3.05) is 26.7 Å².